The van der Waals surface area contributed by atoms with Crippen LogP contribution in [-0.4, -0.2) is 30.0 Å². The van der Waals surface area contributed by atoms with Crippen molar-refractivity contribution in [3.63, 3.8) is 0 Å². The number of amides is 1. The molecule has 4 nitrogen and oxygen atoms in total. The number of nitrogens with zero attached hydrogens (tertiary/aromatic N) is 2. The maximum Gasteiger partial charge on any atom is 0.281 e. The standard InChI is InChI=1S/C18H21N3OS/c1-20(2)18(22)23-14-13-21-11-9-16(10-12-21)4-3-15-5-7-17(19)8-6-15/h3-12,19H,13-14H2,1-2H3/p+1. The van der Waals surface area contributed by atoms with Crippen LogP contribution in [0.5, 0.6) is 0 Å². The average molecular weight is 328 g/mol. The molecule has 5 heteroatoms. The Labute approximate surface area is 141 Å². The van der Waals surface area contributed by atoms with E-state index in [1.807, 2.05) is 36.7 Å². The highest BCUT2D eigenvalue weighted by Gasteiger charge is 2.06. The second-order valence-corrected chi connectivity index (χ2v) is 6.42. The van der Waals surface area contributed by atoms with E-state index in [9.17, 15) is 4.79 Å². The molecule has 0 radical (unpaired) electrons. The average Bonchev–Trinajstić information content (AvgIpc) is 2.55. The van der Waals surface area contributed by atoms with E-state index in [2.05, 4.69) is 28.9 Å². The van der Waals surface area contributed by atoms with Crippen LogP contribution in [0.15, 0.2) is 48.8 Å². The van der Waals surface area contributed by atoms with Crippen molar-refractivity contribution in [1.82, 2.24) is 4.90 Å². The van der Waals surface area contributed by atoms with Crippen LogP contribution in [0.25, 0.3) is 12.2 Å². The van der Waals surface area contributed by atoms with E-state index in [4.69, 9.17) is 5.73 Å². The Bertz CT molecular complexity index is 664. The number of rotatable bonds is 5. The van der Waals surface area contributed by atoms with Gasteiger partial charge in [0.05, 0.1) is 5.75 Å². The third kappa shape index (κ3) is 5.79. The molecule has 0 aliphatic carbocycles. The van der Waals surface area contributed by atoms with Gasteiger partial charge < -0.3 is 10.6 Å². The minimum Gasteiger partial charge on any atom is -0.399 e. The van der Waals surface area contributed by atoms with E-state index in [-0.39, 0.29) is 5.24 Å². The maximum atomic E-state index is 11.5. The van der Waals surface area contributed by atoms with Crippen LogP contribution in [0, 0.1) is 0 Å². The van der Waals surface area contributed by atoms with Crippen LogP contribution < -0.4 is 10.3 Å². The highest BCUT2D eigenvalue weighted by Crippen LogP contribution is 2.10. The van der Waals surface area contributed by atoms with Crippen LogP contribution >= 0.6 is 11.8 Å². The van der Waals surface area contributed by atoms with E-state index in [0.29, 0.717) is 0 Å². The molecule has 0 atom stereocenters. The van der Waals surface area contributed by atoms with Crippen LogP contribution in [0.1, 0.15) is 11.1 Å². The van der Waals surface area contributed by atoms with Crippen LogP contribution in [0.4, 0.5) is 10.5 Å². The molecule has 2 N–H and O–H groups in total. The highest BCUT2D eigenvalue weighted by atomic mass is 32.2. The zero-order valence-corrected chi connectivity index (χ0v) is 14.3. The van der Waals surface area contributed by atoms with E-state index in [1.54, 1.807) is 19.0 Å². The van der Waals surface area contributed by atoms with Gasteiger partial charge in [-0.25, -0.2) is 4.57 Å². The maximum absolute atomic E-state index is 11.5. The second-order valence-electron chi connectivity index (χ2n) is 5.38. The molecular formula is C18H22N3OS+. The third-order valence-corrected chi connectivity index (χ3v) is 4.26. The van der Waals surface area contributed by atoms with Crippen LogP contribution in [0.3, 0.4) is 0 Å². The van der Waals surface area contributed by atoms with Crippen molar-refractivity contribution in [3.8, 4) is 0 Å². The fourth-order valence-corrected chi connectivity index (χ4v) is 2.63. The van der Waals surface area contributed by atoms with Gasteiger partial charge in [-0.3, -0.25) is 4.79 Å². The number of thioether (sulfide) groups is 1. The predicted octanol–water partition coefficient (Wildman–Crippen LogP) is 3.14. The lowest BCUT2D eigenvalue weighted by Gasteiger charge is -2.07. The number of carbonyl (C=O) groups is 1. The number of aromatic nitrogens is 1. The van der Waals surface area contributed by atoms with Crippen molar-refractivity contribution in [2.75, 3.05) is 25.6 Å². The van der Waals surface area contributed by atoms with Crippen molar-refractivity contribution in [1.29, 1.82) is 0 Å². The van der Waals surface area contributed by atoms with Crippen molar-refractivity contribution in [3.05, 3.63) is 59.9 Å². The molecule has 1 amide bonds. The lowest BCUT2D eigenvalue weighted by molar-refractivity contribution is -0.692. The van der Waals surface area contributed by atoms with Crippen molar-refractivity contribution in [2.45, 2.75) is 6.54 Å². The molecule has 0 bridgehead atoms. The molecule has 2 aromatic rings. The summed E-state index contributed by atoms with van der Waals surface area (Å²) in [5, 5.41) is 0.0913. The number of benzene rings is 1. The molecule has 1 heterocycles. The summed E-state index contributed by atoms with van der Waals surface area (Å²) < 4.78 is 2.08. The molecule has 0 saturated carbocycles. The molecule has 1 aromatic carbocycles. The first-order chi connectivity index (χ1) is 11.0. The quantitative estimate of drug-likeness (QED) is 0.677. The molecule has 0 unspecified atom stereocenters. The van der Waals surface area contributed by atoms with Gasteiger partial charge in [0.1, 0.15) is 0 Å². The summed E-state index contributed by atoms with van der Waals surface area (Å²) in [6.45, 7) is 0.812. The zero-order valence-electron chi connectivity index (χ0n) is 13.5. The predicted molar refractivity (Wildman–Crippen MR) is 98.0 cm³/mol. The van der Waals surface area contributed by atoms with Gasteiger partial charge in [0.25, 0.3) is 5.24 Å². The minimum atomic E-state index is 0.0913. The summed E-state index contributed by atoms with van der Waals surface area (Å²) in [6.07, 6.45) is 8.19. The Morgan fingerprint density at radius 1 is 1.09 bits per heavy atom. The molecule has 0 aliphatic rings. The summed E-state index contributed by atoms with van der Waals surface area (Å²) in [5.41, 5.74) is 8.70. The largest absolute Gasteiger partial charge is 0.399 e. The molecule has 0 spiro atoms. The molecule has 0 fully saturated rings. The number of hydrogen-bond donors (Lipinski definition) is 1. The summed E-state index contributed by atoms with van der Waals surface area (Å²) in [7, 11) is 3.54. The van der Waals surface area contributed by atoms with E-state index >= 15 is 0 Å². The Hall–Kier alpha value is -2.27. The van der Waals surface area contributed by atoms with Gasteiger partial charge in [-0.15, -0.1) is 0 Å². The molecule has 0 aliphatic heterocycles. The molecule has 1 aromatic heterocycles. The first-order valence-electron chi connectivity index (χ1n) is 7.41. The normalized spacial score (nSPS) is 10.9. The summed E-state index contributed by atoms with van der Waals surface area (Å²) in [6, 6.07) is 11.9. The van der Waals surface area contributed by atoms with Crippen LogP contribution in [-0.2, 0) is 6.54 Å². The van der Waals surface area contributed by atoms with E-state index in [0.717, 1.165) is 29.1 Å². The molecule has 23 heavy (non-hydrogen) atoms. The minimum absolute atomic E-state index is 0.0913. The van der Waals surface area contributed by atoms with E-state index in [1.165, 1.54) is 11.8 Å². The number of nitrogens with two attached hydrogens (primary N) is 1. The van der Waals surface area contributed by atoms with Crippen LogP contribution in [0.2, 0.25) is 0 Å². The fraction of sp³-hybridized carbons (Fsp3) is 0.222. The molecular weight excluding hydrogens is 306 g/mol. The van der Waals surface area contributed by atoms with Gasteiger partial charge in [-0.05, 0) is 23.3 Å². The summed E-state index contributed by atoms with van der Waals surface area (Å²) in [5.74, 6) is 0.766. The number of carbonyl (C=O) groups excluding carboxylic acids is 1. The Morgan fingerprint density at radius 3 is 2.22 bits per heavy atom. The Kier molecular flexibility index (Phi) is 6.23. The number of hydrogen-bond acceptors (Lipinski definition) is 3. The SMILES string of the molecule is CN(C)C(=O)SCC[n+]1ccc(/C=C/c2ccc(N)cc2)cc1. The van der Waals surface area contributed by atoms with Gasteiger partial charge in [-0.1, -0.05) is 36.0 Å². The number of nitrogen functional groups attached to an aromatic ring is 1. The lowest BCUT2D eigenvalue weighted by atomic mass is 10.1. The second kappa shape index (κ2) is 8.39. The molecule has 2 rings (SSSR count). The van der Waals surface area contributed by atoms with Crippen molar-refractivity contribution < 1.29 is 9.36 Å². The van der Waals surface area contributed by atoms with Gasteiger partial charge in [0.2, 0.25) is 0 Å². The van der Waals surface area contributed by atoms with Gasteiger partial charge >= 0.3 is 0 Å². The highest BCUT2D eigenvalue weighted by molar-refractivity contribution is 8.13. The Morgan fingerprint density at radius 2 is 1.65 bits per heavy atom. The third-order valence-electron chi connectivity index (χ3n) is 3.26. The zero-order chi connectivity index (χ0) is 16.7. The Balaban J connectivity index is 1.86. The first-order valence-corrected chi connectivity index (χ1v) is 8.40. The summed E-state index contributed by atoms with van der Waals surface area (Å²) >= 11 is 1.33. The van der Waals surface area contributed by atoms with E-state index < -0.39 is 0 Å². The number of anilines is 1. The first kappa shape index (κ1) is 17.1. The fourth-order valence-electron chi connectivity index (χ4n) is 1.90. The number of aryl methyl sites for hydroxylation is 1. The topological polar surface area (TPSA) is 50.2 Å². The molecule has 0 saturated heterocycles. The van der Waals surface area contributed by atoms with Crippen molar-refractivity contribution >= 4 is 34.8 Å². The van der Waals surface area contributed by atoms with Gasteiger partial charge in [-0.2, -0.15) is 0 Å². The van der Waals surface area contributed by atoms with Gasteiger partial charge in [0.15, 0.2) is 18.9 Å². The summed E-state index contributed by atoms with van der Waals surface area (Å²) in [4.78, 5) is 13.1. The smallest absolute Gasteiger partial charge is 0.281 e. The lowest BCUT2D eigenvalue weighted by Crippen LogP contribution is -2.34. The number of pyridine rings is 1. The van der Waals surface area contributed by atoms with Gasteiger partial charge in [0, 0.05) is 31.9 Å². The monoisotopic (exact) mass is 328 g/mol. The van der Waals surface area contributed by atoms with Crippen molar-refractivity contribution in [2.24, 2.45) is 0 Å². The molecule has 120 valence electrons.